The third-order valence-electron chi connectivity index (χ3n) is 4.18. The molecule has 2 aromatic rings. The van der Waals surface area contributed by atoms with Crippen molar-refractivity contribution in [2.45, 2.75) is 26.8 Å². The van der Waals surface area contributed by atoms with E-state index < -0.39 is 0 Å². The van der Waals surface area contributed by atoms with Gasteiger partial charge in [-0.1, -0.05) is 30.3 Å². The monoisotopic (exact) mass is 330 g/mol. The van der Waals surface area contributed by atoms with Crippen LogP contribution in [0.5, 0.6) is 0 Å². The van der Waals surface area contributed by atoms with E-state index in [9.17, 15) is 9.90 Å². The zero-order valence-electron chi connectivity index (χ0n) is 14.6. The lowest BCUT2D eigenvalue weighted by Gasteiger charge is -2.22. The van der Waals surface area contributed by atoms with Crippen LogP contribution in [0.3, 0.4) is 0 Å². The molecule has 0 bridgehead atoms. The van der Waals surface area contributed by atoms with Gasteiger partial charge in [-0.25, -0.2) is 4.79 Å². The average Bonchev–Trinajstić information content (AvgIpc) is 2.81. The number of urea groups is 1. The molecule has 0 radical (unpaired) electrons. The van der Waals surface area contributed by atoms with Gasteiger partial charge in [0.15, 0.2) is 0 Å². The van der Waals surface area contributed by atoms with E-state index in [2.05, 4.69) is 10.4 Å². The highest BCUT2D eigenvalue weighted by atomic mass is 16.3. The van der Waals surface area contributed by atoms with E-state index in [1.165, 1.54) is 5.56 Å². The predicted molar refractivity (Wildman–Crippen MR) is 93.7 cm³/mol. The second kappa shape index (κ2) is 8.49. The van der Waals surface area contributed by atoms with Crippen LogP contribution in [-0.2, 0) is 20.0 Å². The normalized spacial score (nSPS) is 10.7. The first-order valence-corrected chi connectivity index (χ1v) is 8.19. The molecule has 0 aliphatic rings. The molecule has 0 aliphatic heterocycles. The summed E-state index contributed by atoms with van der Waals surface area (Å²) in [5, 5.41) is 16.5. The van der Waals surface area contributed by atoms with E-state index in [1.807, 2.05) is 55.9 Å². The van der Waals surface area contributed by atoms with Crippen LogP contribution in [0.2, 0.25) is 0 Å². The minimum atomic E-state index is -0.160. The number of rotatable bonds is 7. The van der Waals surface area contributed by atoms with Crippen LogP contribution < -0.4 is 5.32 Å². The molecular weight excluding hydrogens is 304 g/mol. The zero-order valence-corrected chi connectivity index (χ0v) is 14.6. The lowest BCUT2D eigenvalue weighted by Crippen LogP contribution is -2.41. The second-order valence-electron chi connectivity index (χ2n) is 5.89. The number of nitrogens with one attached hydrogen (secondary N) is 1. The third kappa shape index (κ3) is 4.58. The summed E-state index contributed by atoms with van der Waals surface area (Å²) in [5.41, 5.74) is 4.34. The maximum absolute atomic E-state index is 12.4. The fourth-order valence-electron chi connectivity index (χ4n) is 2.76. The van der Waals surface area contributed by atoms with Gasteiger partial charge in [0.05, 0.1) is 12.3 Å². The number of amides is 2. The van der Waals surface area contributed by atoms with Crippen LogP contribution in [0, 0.1) is 13.8 Å². The molecule has 0 saturated heterocycles. The van der Waals surface area contributed by atoms with E-state index in [4.69, 9.17) is 0 Å². The highest BCUT2D eigenvalue weighted by molar-refractivity contribution is 5.74. The van der Waals surface area contributed by atoms with Crippen molar-refractivity contribution in [3.63, 3.8) is 0 Å². The van der Waals surface area contributed by atoms with Crippen LogP contribution in [-0.4, -0.2) is 45.5 Å². The van der Waals surface area contributed by atoms with Crippen molar-refractivity contribution in [2.24, 2.45) is 7.05 Å². The van der Waals surface area contributed by atoms with E-state index in [1.54, 1.807) is 4.90 Å². The molecular formula is C18H26N4O2. The van der Waals surface area contributed by atoms with Crippen molar-refractivity contribution in [2.75, 3.05) is 19.7 Å². The fourth-order valence-corrected chi connectivity index (χ4v) is 2.76. The summed E-state index contributed by atoms with van der Waals surface area (Å²) in [6, 6.07) is 9.61. The summed E-state index contributed by atoms with van der Waals surface area (Å²) in [7, 11) is 1.92. The molecule has 6 heteroatoms. The summed E-state index contributed by atoms with van der Waals surface area (Å²) < 4.78 is 1.86. The van der Waals surface area contributed by atoms with Crippen LogP contribution in [0.4, 0.5) is 4.79 Å². The number of aryl methyl sites for hydroxylation is 2. The largest absolute Gasteiger partial charge is 0.395 e. The molecule has 2 rings (SSSR count). The molecule has 0 saturated carbocycles. The van der Waals surface area contributed by atoms with Gasteiger partial charge in [0, 0.05) is 32.4 Å². The van der Waals surface area contributed by atoms with Crippen molar-refractivity contribution in [3.8, 4) is 0 Å². The number of hydrogen-bond donors (Lipinski definition) is 2. The SMILES string of the molecule is Cc1nn(C)c(C)c1CCNC(=O)N(CCO)Cc1ccccc1. The molecule has 6 nitrogen and oxygen atoms in total. The summed E-state index contributed by atoms with van der Waals surface area (Å²) in [6.07, 6.45) is 0.746. The lowest BCUT2D eigenvalue weighted by atomic mass is 10.1. The van der Waals surface area contributed by atoms with Crippen LogP contribution in [0.1, 0.15) is 22.5 Å². The Morgan fingerprint density at radius 3 is 2.58 bits per heavy atom. The van der Waals surface area contributed by atoms with Gasteiger partial charge in [-0.05, 0) is 31.4 Å². The molecule has 0 fully saturated rings. The van der Waals surface area contributed by atoms with E-state index in [0.29, 0.717) is 19.6 Å². The number of carbonyl (C=O) groups is 1. The topological polar surface area (TPSA) is 70.4 Å². The smallest absolute Gasteiger partial charge is 0.317 e. The Bertz CT molecular complexity index is 667. The van der Waals surface area contributed by atoms with Gasteiger partial charge < -0.3 is 15.3 Å². The number of nitrogens with zero attached hydrogens (tertiary/aromatic N) is 3. The van der Waals surface area contributed by atoms with Gasteiger partial charge in [0.25, 0.3) is 0 Å². The molecule has 2 amide bonds. The first kappa shape index (κ1) is 18.0. The predicted octanol–water partition coefficient (Wildman–Crippen LogP) is 1.78. The Morgan fingerprint density at radius 1 is 1.29 bits per heavy atom. The van der Waals surface area contributed by atoms with Crippen molar-refractivity contribution in [1.29, 1.82) is 0 Å². The van der Waals surface area contributed by atoms with E-state index >= 15 is 0 Å². The molecule has 24 heavy (non-hydrogen) atoms. The molecule has 130 valence electrons. The number of hydrogen-bond acceptors (Lipinski definition) is 3. The Kier molecular flexibility index (Phi) is 6.37. The minimum Gasteiger partial charge on any atom is -0.395 e. The van der Waals surface area contributed by atoms with Crippen molar-refractivity contribution >= 4 is 6.03 Å². The molecule has 2 N–H and O–H groups in total. The number of benzene rings is 1. The number of aliphatic hydroxyl groups excluding tert-OH is 1. The van der Waals surface area contributed by atoms with Crippen LogP contribution in [0.25, 0.3) is 0 Å². The quantitative estimate of drug-likeness (QED) is 0.813. The Hall–Kier alpha value is -2.34. The number of aromatic nitrogens is 2. The van der Waals surface area contributed by atoms with Crippen molar-refractivity contribution in [1.82, 2.24) is 20.0 Å². The molecule has 0 aliphatic carbocycles. The van der Waals surface area contributed by atoms with Crippen LogP contribution in [0.15, 0.2) is 30.3 Å². The first-order chi connectivity index (χ1) is 11.5. The molecule has 0 spiro atoms. The maximum atomic E-state index is 12.4. The first-order valence-electron chi connectivity index (χ1n) is 8.19. The molecule has 0 atom stereocenters. The summed E-state index contributed by atoms with van der Waals surface area (Å²) in [5.74, 6) is 0. The Morgan fingerprint density at radius 2 is 2.00 bits per heavy atom. The number of carbonyl (C=O) groups excluding carboxylic acids is 1. The molecule has 1 aromatic carbocycles. The Balaban J connectivity index is 1.90. The fraction of sp³-hybridized carbons (Fsp3) is 0.444. The van der Waals surface area contributed by atoms with Crippen molar-refractivity contribution < 1.29 is 9.90 Å². The summed E-state index contributed by atoms with van der Waals surface area (Å²) in [4.78, 5) is 14.0. The van der Waals surface area contributed by atoms with Gasteiger partial charge in [-0.2, -0.15) is 5.10 Å². The van der Waals surface area contributed by atoms with Gasteiger partial charge in [0.1, 0.15) is 0 Å². The molecule has 0 unspecified atom stereocenters. The second-order valence-corrected chi connectivity index (χ2v) is 5.89. The highest BCUT2D eigenvalue weighted by Gasteiger charge is 2.14. The molecule has 1 aromatic heterocycles. The Labute approximate surface area is 143 Å². The van der Waals surface area contributed by atoms with E-state index in [-0.39, 0.29) is 12.6 Å². The van der Waals surface area contributed by atoms with Gasteiger partial charge >= 0.3 is 6.03 Å². The zero-order chi connectivity index (χ0) is 17.5. The summed E-state index contributed by atoms with van der Waals surface area (Å²) >= 11 is 0. The third-order valence-corrected chi connectivity index (χ3v) is 4.18. The standard InChI is InChI=1S/C18H26N4O2/c1-14-17(15(2)21(3)20-14)9-10-19-18(24)22(11-12-23)13-16-7-5-4-6-8-16/h4-8,23H,9-13H2,1-3H3,(H,19,24). The van der Waals surface area contributed by atoms with E-state index in [0.717, 1.165) is 23.4 Å². The van der Waals surface area contributed by atoms with Crippen molar-refractivity contribution in [3.05, 3.63) is 52.8 Å². The average molecular weight is 330 g/mol. The minimum absolute atomic E-state index is 0.0545. The number of aliphatic hydroxyl groups is 1. The van der Waals surface area contributed by atoms with Gasteiger partial charge in [-0.3, -0.25) is 4.68 Å². The highest BCUT2D eigenvalue weighted by Crippen LogP contribution is 2.12. The molecule has 1 heterocycles. The maximum Gasteiger partial charge on any atom is 0.317 e. The summed E-state index contributed by atoms with van der Waals surface area (Å²) in [6.45, 7) is 5.30. The van der Waals surface area contributed by atoms with Gasteiger partial charge in [0.2, 0.25) is 0 Å². The van der Waals surface area contributed by atoms with Crippen LogP contribution >= 0.6 is 0 Å². The van der Waals surface area contributed by atoms with Gasteiger partial charge in [-0.15, -0.1) is 0 Å². The lowest BCUT2D eigenvalue weighted by molar-refractivity contribution is 0.174.